The first-order valence-electron chi connectivity index (χ1n) is 16.6. The van der Waals surface area contributed by atoms with Crippen molar-refractivity contribution in [2.75, 3.05) is 0 Å². The third-order valence-electron chi connectivity index (χ3n) is 9.02. The minimum Gasteiger partial charge on any atom is -0.457 e. The largest absolute Gasteiger partial charge is 0.457 e. The van der Waals surface area contributed by atoms with E-state index >= 15 is 0 Å². The zero-order chi connectivity index (χ0) is 32.9. The monoisotopic (exact) mass is 618 g/mol. The second-order valence-corrected chi connectivity index (χ2v) is 13.7. The topological polar surface area (TPSA) is 44.9 Å². The molecule has 7 aromatic rings. The molecule has 0 saturated heterocycles. The molecule has 0 fully saturated rings. The molecule has 236 valence electrons. The summed E-state index contributed by atoms with van der Waals surface area (Å²) in [5.74, 6) is 2.43. The van der Waals surface area contributed by atoms with E-state index in [-0.39, 0.29) is 5.41 Å². The Morgan fingerprint density at radius 3 is 2.28 bits per heavy atom. The first-order valence-corrected chi connectivity index (χ1v) is 16.6. The zero-order valence-electron chi connectivity index (χ0n) is 28.4. The molecule has 4 aromatic carbocycles. The van der Waals surface area contributed by atoms with Crippen LogP contribution in [0, 0.1) is 20.8 Å². The third kappa shape index (κ3) is 5.61. The van der Waals surface area contributed by atoms with Crippen molar-refractivity contribution in [3.8, 4) is 34.1 Å². The van der Waals surface area contributed by atoms with Crippen LogP contribution in [0.2, 0.25) is 0 Å². The van der Waals surface area contributed by atoms with Crippen molar-refractivity contribution in [2.24, 2.45) is 0 Å². The molecule has 3 aromatic heterocycles. The van der Waals surface area contributed by atoms with Crippen LogP contribution in [-0.2, 0) is 11.8 Å². The Labute approximate surface area is 277 Å². The fourth-order valence-corrected chi connectivity index (χ4v) is 6.67. The smallest absolute Gasteiger partial charge is 0.137 e. The number of hydrogen-bond donors (Lipinski definition) is 0. The number of pyridine rings is 1. The lowest BCUT2D eigenvalue weighted by Gasteiger charge is -2.23. The minimum absolute atomic E-state index is 0.147. The Bertz CT molecular complexity index is 2260. The standard InChI is InChI=1S/C42H42N4O/c1-8-12-36-40(30-18-17-28(3)29(4)24-30)41(42(5,6)7)46(44-36)31-13-11-14-32(25-31)47-33-19-20-35-34-15-9-10-16-37(34)45(38(35)26-33)39-23-27(2)21-22-43-39/h9-11,13-26H,8,12H2,1-7H3. The normalized spacial score (nSPS) is 11.9. The molecule has 0 aliphatic rings. The van der Waals surface area contributed by atoms with Crippen LogP contribution in [0.25, 0.3) is 44.4 Å². The molecule has 0 saturated carbocycles. The van der Waals surface area contributed by atoms with Crippen molar-refractivity contribution in [1.29, 1.82) is 0 Å². The Hall–Kier alpha value is -5.16. The summed E-state index contributed by atoms with van der Waals surface area (Å²) in [6.45, 7) is 15.5. The molecule has 47 heavy (non-hydrogen) atoms. The van der Waals surface area contributed by atoms with Crippen molar-refractivity contribution >= 4 is 21.8 Å². The van der Waals surface area contributed by atoms with E-state index in [4.69, 9.17) is 14.8 Å². The number of fused-ring (bicyclic) bond motifs is 3. The fraction of sp³-hybridized carbons (Fsp3) is 0.238. The molecule has 5 nitrogen and oxygen atoms in total. The van der Waals surface area contributed by atoms with Gasteiger partial charge in [-0.05, 0) is 91.9 Å². The number of nitrogens with zero attached hydrogens (tertiary/aromatic N) is 4. The molecule has 0 aliphatic carbocycles. The summed E-state index contributed by atoms with van der Waals surface area (Å²) in [6, 6.07) is 34.1. The molecular weight excluding hydrogens is 576 g/mol. The number of benzene rings is 4. The first-order chi connectivity index (χ1) is 22.6. The molecule has 0 amide bonds. The van der Waals surface area contributed by atoms with Gasteiger partial charge in [-0.1, -0.05) is 76.6 Å². The molecule has 0 unspecified atom stereocenters. The van der Waals surface area contributed by atoms with Gasteiger partial charge in [-0.2, -0.15) is 5.10 Å². The molecule has 7 rings (SSSR count). The van der Waals surface area contributed by atoms with Crippen LogP contribution >= 0.6 is 0 Å². The summed E-state index contributed by atoms with van der Waals surface area (Å²) < 4.78 is 11.0. The van der Waals surface area contributed by atoms with E-state index in [0.29, 0.717) is 0 Å². The molecular formula is C42H42N4O. The van der Waals surface area contributed by atoms with Gasteiger partial charge in [0.15, 0.2) is 0 Å². The highest BCUT2D eigenvalue weighted by atomic mass is 16.5. The summed E-state index contributed by atoms with van der Waals surface area (Å²) in [5, 5.41) is 7.64. The van der Waals surface area contributed by atoms with Crippen molar-refractivity contribution in [1.82, 2.24) is 19.3 Å². The van der Waals surface area contributed by atoms with Gasteiger partial charge < -0.3 is 4.74 Å². The SMILES string of the molecule is CCCc1nn(-c2cccc(Oc3ccc4c5ccccc5n(-c5cc(C)ccn5)c4c3)c2)c(C(C)(C)C)c1-c1ccc(C)c(C)c1. The summed E-state index contributed by atoms with van der Waals surface area (Å²) in [7, 11) is 0. The maximum Gasteiger partial charge on any atom is 0.137 e. The van der Waals surface area contributed by atoms with Crippen LogP contribution in [0.5, 0.6) is 11.5 Å². The van der Waals surface area contributed by atoms with Crippen molar-refractivity contribution in [3.05, 3.63) is 131 Å². The lowest BCUT2D eigenvalue weighted by atomic mass is 9.85. The maximum absolute atomic E-state index is 6.61. The predicted octanol–water partition coefficient (Wildman–Crippen LogP) is 11.0. The molecule has 0 atom stereocenters. The van der Waals surface area contributed by atoms with E-state index in [1.165, 1.54) is 44.3 Å². The van der Waals surface area contributed by atoms with E-state index in [9.17, 15) is 0 Å². The van der Waals surface area contributed by atoms with E-state index in [1.807, 2.05) is 18.3 Å². The van der Waals surface area contributed by atoms with Crippen molar-refractivity contribution in [3.63, 3.8) is 0 Å². The van der Waals surface area contributed by atoms with Gasteiger partial charge in [0, 0.05) is 40.1 Å². The Balaban J connectivity index is 1.33. The second kappa shape index (κ2) is 11.9. The number of para-hydroxylation sites is 1. The highest BCUT2D eigenvalue weighted by Gasteiger charge is 2.29. The molecule has 0 N–H and O–H groups in total. The molecule has 5 heteroatoms. The van der Waals surface area contributed by atoms with Gasteiger partial charge >= 0.3 is 0 Å². The van der Waals surface area contributed by atoms with Crippen LogP contribution < -0.4 is 4.74 Å². The molecule has 0 spiro atoms. The summed E-state index contributed by atoms with van der Waals surface area (Å²) in [4.78, 5) is 4.73. The minimum atomic E-state index is -0.147. The molecule has 0 bridgehead atoms. The quantitative estimate of drug-likeness (QED) is 0.178. The fourth-order valence-electron chi connectivity index (χ4n) is 6.67. The average molecular weight is 619 g/mol. The van der Waals surface area contributed by atoms with Crippen molar-refractivity contribution < 1.29 is 4.74 Å². The van der Waals surface area contributed by atoms with E-state index in [0.717, 1.165) is 52.6 Å². The number of aromatic nitrogens is 4. The van der Waals surface area contributed by atoms with Gasteiger partial charge in [-0.25, -0.2) is 9.67 Å². The van der Waals surface area contributed by atoms with E-state index in [1.54, 1.807) is 0 Å². The van der Waals surface area contributed by atoms with Crippen LogP contribution in [0.15, 0.2) is 103 Å². The lowest BCUT2D eigenvalue weighted by molar-refractivity contribution is 0.482. The summed E-state index contributed by atoms with van der Waals surface area (Å²) in [6.07, 6.45) is 3.81. The Morgan fingerprint density at radius 1 is 0.723 bits per heavy atom. The van der Waals surface area contributed by atoms with Gasteiger partial charge in [-0.3, -0.25) is 4.57 Å². The predicted molar refractivity (Wildman–Crippen MR) is 195 cm³/mol. The maximum atomic E-state index is 6.61. The van der Waals surface area contributed by atoms with Crippen LogP contribution in [0.4, 0.5) is 0 Å². The summed E-state index contributed by atoms with van der Waals surface area (Å²) in [5.41, 5.74) is 11.6. The summed E-state index contributed by atoms with van der Waals surface area (Å²) >= 11 is 0. The molecule has 0 radical (unpaired) electrons. The van der Waals surface area contributed by atoms with Gasteiger partial charge in [0.25, 0.3) is 0 Å². The van der Waals surface area contributed by atoms with Gasteiger partial charge in [-0.15, -0.1) is 0 Å². The highest BCUT2D eigenvalue weighted by Crippen LogP contribution is 2.40. The lowest BCUT2D eigenvalue weighted by Crippen LogP contribution is -2.18. The van der Waals surface area contributed by atoms with Gasteiger partial charge in [0.05, 0.1) is 28.1 Å². The van der Waals surface area contributed by atoms with E-state index < -0.39 is 0 Å². The van der Waals surface area contributed by atoms with Crippen LogP contribution in [0.1, 0.15) is 62.2 Å². The third-order valence-corrected chi connectivity index (χ3v) is 9.02. The highest BCUT2D eigenvalue weighted by molar-refractivity contribution is 6.09. The van der Waals surface area contributed by atoms with Crippen LogP contribution in [-0.4, -0.2) is 19.3 Å². The number of hydrogen-bond acceptors (Lipinski definition) is 3. The van der Waals surface area contributed by atoms with Crippen LogP contribution in [0.3, 0.4) is 0 Å². The zero-order valence-corrected chi connectivity index (χ0v) is 28.4. The number of aryl methyl sites for hydroxylation is 4. The van der Waals surface area contributed by atoms with Gasteiger partial charge in [0.2, 0.25) is 0 Å². The second-order valence-electron chi connectivity index (χ2n) is 13.7. The average Bonchev–Trinajstić information content (AvgIpc) is 3.59. The van der Waals surface area contributed by atoms with Gasteiger partial charge in [0.1, 0.15) is 17.3 Å². The number of ether oxygens (including phenoxy) is 1. The molecule has 3 heterocycles. The van der Waals surface area contributed by atoms with E-state index in [2.05, 4.69) is 143 Å². The molecule has 0 aliphatic heterocycles. The Morgan fingerprint density at radius 2 is 1.51 bits per heavy atom. The number of rotatable bonds is 7. The Kier molecular flexibility index (Phi) is 7.71. The first kappa shape index (κ1) is 30.5. The van der Waals surface area contributed by atoms with Crippen molar-refractivity contribution in [2.45, 2.75) is 66.7 Å².